The van der Waals surface area contributed by atoms with Crippen LogP contribution >= 0.6 is 11.6 Å². The van der Waals surface area contributed by atoms with Crippen LogP contribution in [0.2, 0.25) is 0 Å². The number of hydrogen-bond acceptors (Lipinski definition) is 4. The van der Waals surface area contributed by atoms with Gasteiger partial charge in [0, 0.05) is 13.1 Å². The molecule has 0 saturated heterocycles. The van der Waals surface area contributed by atoms with Gasteiger partial charge < -0.3 is 10.1 Å². The molecule has 0 heterocycles. The first-order chi connectivity index (χ1) is 14.6. The van der Waals surface area contributed by atoms with Crippen molar-refractivity contribution in [1.82, 2.24) is 10.0 Å². The Hall–Kier alpha value is -2.19. The fourth-order valence-corrected chi connectivity index (χ4v) is 5.29. The molecule has 0 aliphatic rings. The molecule has 2 atom stereocenters. The maximum Gasteiger partial charge on any atom is 0.243 e. The number of ether oxygens (including phenoxy) is 1. The maximum atomic E-state index is 13.2. The highest BCUT2D eigenvalue weighted by Gasteiger charge is 2.27. The Kier molecular flexibility index (Phi) is 9.25. The second-order valence-corrected chi connectivity index (χ2v) is 9.53. The third-order valence-corrected chi connectivity index (χ3v) is 6.90. The highest BCUT2D eigenvalue weighted by atomic mass is 35.5. The van der Waals surface area contributed by atoms with Gasteiger partial charge in [0.15, 0.2) is 0 Å². The lowest BCUT2D eigenvalue weighted by Gasteiger charge is -2.23. The molecule has 2 aromatic carbocycles. The van der Waals surface area contributed by atoms with Crippen molar-refractivity contribution >= 4 is 27.5 Å². The van der Waals surface area contributed by atoms with E-state index in [-0.39, 0.29) is 17.4 Å². The standard InChI is InChI=1S/C23H29ClN2O4S/c1-16-12-17(2)23(18(3)13-16)31(28,29)26-21(20(24)10-11-22(27)25-4)15-30-14-19-8-6-5-7-9-19/h5-13,20-21,26H,14-15H2,1-4H3,(H,25,27)/b11-10+/t20-,21-/m0/s1. The highest BCUT2D eigenvalue weighted by molar-refractivity contribution is 7.89. The first kappa shape index (κ1) is 25.1. The summed E-state index contributed by atoms with van der Waals surface area (Å²) in [6.45, 7) is 5.79. The fraction of sp³-hybridized carbons (Fsp3) is 0.348. The number of halogens is 1. The van der Waals surface area contributed by atoms with Crippen molar-refractivity contribution in [1.29, 1.82) is 0 Å². The van der Waals surface area contributed by atoms with Gasteiger partial charge in [-0.15, -0.1) is 11.6 Å². The van der Waals surface area contributed by atoms with Gasteiger partial charge in [-0.3, -0.25) is 4.79 Å². The van der Waals surface area contributed by atoms with Crippen LogP contribution in [-0.2, 0) is 26.2 Å². The predicted molar refractivity (Wildman–Crippen MR) is 124 cm³/mol. The van der Waals surface area contributed by atoms with Crippen molar-refractivity contribution < 1.29 is 17.9 Å². The van der Waals surface area contributed by atoms with Crippen molar-refractivity contribution in [2.75, 3.05) is 13.7 Å². The SMILES string of the molecule is CNC(=O)/C=C/[C@H](Cl)[C@H](COCc1ccccc1)NS(=O)(=O)c1c(C)cc(C)cc1C. The van der Waals surface area contributed by atoms with E-state index in [1.165, 1.54) is 19.2 Å². The van der Waals surface area contributed by atoms with E-state index in [2.05, 4.69) is 10.0 Å². The van der Waals surface area contributed by atoms with Crippen LogP contribution in [0.25, 0.3) is 0 Å². The van der Waals surface area contributed by atoms with Gasteiger partial charge in [0.05, 0.1) is 29.5 Å². The van der Waals surface area contributed by atoms with E-state index in [9.17, 15) is 13.2 Å². The van der Waals surface area contributed by atoms with Crippen LogP contribution in [0.4, 0.5) is 0 Å². The Labute approximate surface area is 189 Å². The van der Waals surface area contributed by atoms with Gasteiger partial charge in [0.2, 0.25) is 15.9 Å². The summed E-state index contributed by atoms with van der Waals surface area (Å²) in [6.07, 6.45) is 2.73. The third kappa shape index (κ3) is 7.47. The number of likely N-dealkylation sites (N-methyl/N-ethyl adjacent to an activating group) is 1. The molecule has 0 aliphatic carbocycles. The first-order valence-corrected chi connectivity index (χ1v) is 11.8. The molecule has 2 aromatic rings. The van der Waals surface area contributed by atoms with E-state index in [1.54, 1.807) is 13.8 Å². The molecule has 168 valence electrons. The summed E-state index contributed by atoms with van der Waals surface area (Å²) in [4.78, 5) is 11.8. The number of aryl methyl sites for hydroxylation is 3. The molecule has 6 nitrogen and oxygen atoms in total. The van der Waals surface area contributed by atoms with Crippen molar-refractivity contribution in [3.63, 3.8) is 0 Å². The molecule has 0 fully saturated rings. The third-order valence-electron chi connectivity index (χ3n) is 4.65. The summed E-state index contributed by atoms with van der Waals surface area (Å²) in [6, 6.07) is 12.4. The lowest BCUT2D eigenvalue weighted by molar-refractivity contribution is -0.116. The van der Waals surface area contributed by atoms with Crippen LogP contribution in [0.3, 0.4) is 0 Å². The number of carbonyl (C=O) groups excluding carboxylic acids is 1. The maximum absolute atomic E-state index is 13.2. The molecule has 0 radical (unpaired) electrons. The topological polar surface area (TPSA) is 84.5 Å². The lowest BCUT2D eigenvalue weighted by Crippen LogP contribution is -2.44. The van der Waals surface area contributed by atoms with E-state index in [0.29, 0.717) is 17.7 Å². The van der Waals surface area contributed by atoms with Crippen LogP contribution in [-0.4, -0.2) is 39.4 Å². The minimum absolute atomic E-state index is 0.0321. The molecule has 2 rings (SSSR count). The van der Waals surface area contributed by atoms with E-state index in [1.807, 2.05) is 49.4 Å². The van der Waals surface area contributed by atoms with Gasteiger partial charge in [-0.05, 0) is 37.5 Å². The van der Waals surface area contributed by atoms with Crippen LogP contribution in [0, 0.1) is 20.8 Å². The minimum atomic E-state index is -3.87. The van der Waals surface area contributed by atoms with Crippen molar-refractivity contribution in [3.8, 4) is 0 Å². The van der Waals surface area contributed by atoms with Gasteiger partial charge in [-0.1, -0.05) is 54.1 Å². The second kappa shape index (κ2) is 11.4. The average molecular weight is 465 g/mol. The summed E-state index contributed by atoms with van der Waals surface area (Å²) in [7, 11) is -2.37. The monoisotopic (exact) mass is 464 g/mol. The zero-order valence-electron chi connectivity index (χ0n) is 18.2. The molecular weight excluding hydrogens is 436 g/mol. The van der Waals surface area contributed by atoms with E-state index < -0.39 is 21.4 Å². The summed E-state index contributed by atoms with van der Waals surface area (Å²) in [5, 5.41) is 1.67. The number of alkyl halides is 1. The largest absolute Gasteiger partial charge is 0.375 e. The molecule has 8 heteroatoms. The van der Waals surface area contributed by atoms with E-state index in [4.69, 9.17) is 16.3 Å². The molecule has 2 N–H and O–H groups in total. The number of benzene rings is 2. The summed E-state index contributed by atoms with van der Waals surface area (Å²) in [5.74, 6) is -0.331. The number of rotatable bonds is 10. The Morgan fingerprint density at radius 2 is 1.74 bits per heavy atom. The number of sulfonamides is 1. The number of amides is 1. The van der Waals surface area contributed by atoms with E-state index >= 15 is 0 Å². The lowest BCUT2D eigenvalue weighted by atomic mass is 10.1. The molecular formula is C23H29ClN2O4S. The Balaban J connectivity index is 2.24. The average Bonchev–Trinajstić information content (AvgIpc) is 2.70. The zero-order valence-corrected chi connectivity index (χ0v) is 19.8. The predicted octanol–water partition coefficient (Wildman–Crippen LogP) is 3.39. The number of hydrogen-bond donors (Lipinski definition) is 2. The molecule has 1 amide bonds. The zero-order chi connectivity index (χ0) is 23.0. The van der Waals surface area contributed by atoms with Gasteiger partial charge in [-0.25, -0.2) is 13.1 Å². The van der Waals surface area contributed by atoms with Crippen molar-refractivity contribution in [2.24, 2.45) is 0 Å². The molecule has 0 aliphatic heterocycles. The summed E-state index contributed by atoms with van der Waals surface area (Å²) >= 11 is 6.45. The summed E-state index contributed by atoms with van der Waals surface area (Å²) in [5.41, 5.74) is 3.25. The normalized spacial score (nSPS) is 13.8. The van der Waals surface area contributed by atoms with Crippen LogP contribution < -0.4 is 10.0 Å². The van der Waals surface area contributed by atoms with E-state index in [0.717, 1.165) is 11.1 Å². The van der Waals surface area contributed by atoms with Gasteiger partial charge >= 0.3 is 0 Å². The minimum Gasteiger partial charge on any atom is -0.375 e. The molecule has 0 unspecified atom stereocenters. The molecule has 0 bridgehead atoms. The molecule has 0 spiro atoms. The number of carbonyl (C=O) groups is 1. The summed E-state index contributed by atoms with van der Waals surface area (Å²) < 4.78 is 34.8. The fourth-order valence-electron chi connectivity index (χ4n) is 3.31. The van der Waals surface area contributed by atoms with Gasteiger partial charge in [-0.2, -0.15) is 0 Å². The van der Waals surface area contributed by atoms with Gasteiger partial charge in [0.25, 0.3) is 0 Å². The molecule has 0 saturated carbocycles. The van der Waals surface area contributed by atoms with Crippen LogP contribution in [0.15, 0.2) is 59.5 Å². The quantitative estimate of drug-likeness (QED) is 0.417. The Bertz CT molecular complexity index is 1000. The van der Waals surface area contributed by atoms with Crippen molar-refractivity contribution in [2.45, 2.75) is 43.7 Å². The Morgan fingerprint density at radius 3 is 2.32 bits per heavy atom. The smallest absolute Gasteiger partial charge is 0.243 e. The number of nitrogens with one attached hydrogen (secondary N) is 2. The first-order valence-electron chi connectivity index (χ1n) is 9.90. The van der Waals surface area contributed by atoms with Crippen molar-refractivity contribution in [3.05, 3.63) is 76.9 Å². The van der Waals surface area contributed by atoms with Crippen LogP contribution in [0.5, 0.6) is 0 Å². The molecule has 0 aromatic heterocycles. The molecule has 31 heavy (non-hydrogen) atoms. The van der Waals surface area contributed by atoms with Crippen LogP contribution in [0.1, 0.15) is 22.3 Å². The Morgan fingerprint density at radius 1 is 1.13 bits per heavy atom. The second-order valence-electron chi connectivity index (χ2n) is 7.37. The highest BCUT2D eigenvalue weighted by Crippen LogP contribution is 2.23. The van der Waals surface area contributed by atoms with Gasteiger partial charge in [0.1, 0.15) is 0 Å².